The van der Waals surface area contributed by atoms with Crippen LogP contribution >= 0.6 is 22.6 Å². The fourth-order valence-electron chi connectivity index (χ4n) is 1.72. The van der Waals surface area contributed by atoms with Crippen molar-refractivity contribution in [3.05, 3.63) is 67.1 Å². The summed E-state index contributed by atoms with van der Waals surface area (Å²) in [5.41, 5.74) is 1.87. The van der Waals surface area contributed by atoms with E-state index in [0.29, 0.717) is 6.54 Å². The lowest BCUT2D eigenvalue weighted by molar-refractivity contribution is 0.727. The van der Waals surface area contributed by atoms with Gasteiger partial charge in [-0.3, -0.25) is 4.79 Å². The van der Waals surface area contributed by atoms with Gasteiger partial charge >= 0.3 is 0 Å². The fourth-order valence-corrected chi connectivity index (χ4v) is 2.08. The van der Waals surface area contributed by atoms with Crippen LogP contribution < -0.4 is 5.56 Å². The summed E-state index contributed by atoms with van der Waals surface area (Å²) in [5, 5.41) is 8.87. The van der Waals surface area contributed by atoms with Crippen LogP contribution in [0.15, 0.2) is 41.2 Å². The molecule has 1 aromatic carbocycles. The number of hydrogen-bond acceptors (Lipinski definition) is 2. The first-order valence-corrected chi connectivity index (χ1v) is 6.54. The second-order valence-corrected chi connectivity index (χ2v) is 5.26. The Balaban J connectivity index is 2.43. The number of nitriles is 1. The normalized spacial score (nSPS) is 10.1. The molecule has 1 heterocycles. The Kier molecular flexibility index (Phi) is 3.82. The average molecular weight is 350 g/mol. The largest absolute Gasteiger partial charge is 0.307 e. The molecule has 0 aliphatic carbocycles. The smallest absolute Gasteiger partial charge is 0.268 e. The molecule has 90 valence electrons. The van der Waals surface area contributed by atoms with Gasteiger partial charge in [-0.2, -0.15) is 5.26 Å². The van der Waals surface area contributed by atoms with Crippen molar-refractivity contribution in [3.8, 4) is 6.07 Å². The fraction of sp³-hybridized carbons (Fsp3) is 0.143. The molecule has 4 heteroatoms. The van der Waals surface area contributed by atoms with Gasteiger partial charge < -0.3 is 4.57 Å². The first-order valence-electron chi connectivity index (χ1n) is 5.47. The van der Waals surface area contributed by atoms with E-state index in [4.69, 9.17) is 5.26 Å². The number of aromatic nitrogens is 1. The van der Waals surface area contributed by atoms with Gasteiger partial charge in [-0.25, -0.2) is 0 Å². The van der Waals surface area contributed by atoms with Crippen molar-refractivity contribution in [3.63, 3.8) is 0 Å². The minimum Gasteiger partial charge on any atom is -0.307 e. The molecule has 0 fully saturated rings. The minimum atomic E-state index is -0.226. The van der Waals surface area contributed by atoms with Gasteiger partial charge in [0.1, 0.15) is 11.6 Å². The van der Waals surface area contributed by atoms with E-state index in [1.165, 1.54) is 0 Å². The predicted molar refractivity (Wildman–Crippen MR) is 78.4 cm³/mol. The van der Waals surface area contributed by atoms with Crippen molar-refractivity contribution < 1.29 is 0 Å². The maximum Gasteiger partial charge on any atom is 0.268 e. The van der Waals surface area contributed by atoms with Crippen molar-refractivity contribution in [1.82, 2.24) is 4.57 Å². The van der Waals surface area contributed by atoms with Gasteiger partial charge in [0.25, 0.3) is 5.56 Å². The highest BCUT2D eigenvalue weighted by atomic mass is 127. The van der Waals surface area contributed by atoms with Gasteiger partial charge in [0, 0.05) is 9.26 Å². The van der Waals surface area contributed by atoms with E-state index in [9.17, 15) is 4.79 Å². The van der Waals surface area contributed by atoms with Crippen LogP contribution in [0.2, 0.25) is 0 Å². The van der Waals surface area contributed by atoms with Crippen LogP contribution in [0.1, 0.15) is 16.8 Å². The second-order valence-electron chi connectivity index (χ2n) is 4.02. The molecule has 0 atom stereocenters. The lowest BCUT2D eigenvalue weighted by atomic mass is 10.2. The van der Waals surface area contributed by atoms with Crippen molar-refractivity contribution in [1.29, 1.82) is 5.26 Å². The van der Waals surface area contributed by atoms with Crippen LogP contribution in [0.5, 0.6) is 0 Å². The Bertz CT molecular complexity index is 666. The highest BCUT2D eigenvalue weighted by Gasteiger charge is 2.06. The molecule has 0 bridgehead atoms. The van der Waals surface area contributed by atoms with E-state index in [1.54, 1.807) is 16.7 Å². The van der Waals surface area contributed by atoms with Gasteiger partial charge in [0.15, 0.2) is 0 Å². The van der Waals surface area contributed by atoms with E-state index >= 15 is 0 Å². The number of aryl methyl sites for hydroxylation is 1. The number of halogens is 1. The Morgan fingerprint density at radius 2 is 1.89 bits per heavy atom. The summed E-state index contributed by atoms with van der Waals surface area (Å²) in [7, 11) is 0. The predicted octanol–water partition coefficient (Wildman–Crippen LogP) is 2.68. The quantitative estimate of drug-likeness (QED) is 0.782. The minimum absolute atomic E-state index is 0.186. The lowest BCUT2D eigenvalue weighted by Gasteiger charge is -2.10. The van der Waals surface area contributed by atoms with Gasteiger partial charge in [0.2, 0.25) is 0 Å². The number of pyridine rings is 1. The SMILES string of the molecule is Cc1ccc(C#N)c(=O)n1Cc1ccc(I)cc1. The third-order valence-electron chi connectivity index (χ3n) is 2.77. The third-order valence-corrected chi connectivity index (χ3v) is 3.49. The van der Waals surface area contributed by atoms with Crippen molar-refractivity contribution >= 4 is 22.6 Å². The number of hydrogen-bond donors (Lipinski definition) is 0. The Morgan fingerprint density at radius 3 is 2.50 bits per heavy atom. The molecule has 2 rings (SSSR count). The highest BCUT2D eigenvalue weighted by molar-refractivity contribution is 14.1. The summed E-state index contributed by atoms with van der Waals surface area (Å²) >= 11 is 2.24. The lowest BCUT2D eigenvalue weighted by Crippen LogP contribution is -2.24. The van der Waals surface area contributed by atoms with E-state index in [1.807, 2.05) is 37.3 Å². The topological polar surface area (TPSA) is 45.8 Å². The van der Waals surface area contributed by atoms with Gasteiger partial charge in [-0.15, -0.1) is 0 Å². The summed E-state index contributed by atoms with van der Waals surface area (Å²) in [6.07, 6.45) is 0. The second kappa shape index (κ2) is 5.36. The Morgan fingerprint density at radius 1 is 1.22 bits per heavy atom. The molecule has 1 aromatic heterocycles. The van der Waals surface area contributed by atoms with Crippen molar-refractivity contribution in [2.75, 3.05) is 0 Å². The Labute approximate surface area is 119 Å². The van der Waals surface area contributed by atoms with Crippen LogP contribution in [0.25, 0.3) is 0 Å². The van der Waals surface area contributed by atoms with E-state index in [-0.39, 0.29) is 11.1 Å². The van der Waals surface area contributed by atoms with Crippen LogP contribution in [0, 0.1) is 21.8 Å². The molecule has 0 spiro atoms. The van der Waals surface area contributed by atoms with E-state index in [2.05, 4.69) is 22.6 Å². The van der Waals surface area contributed by atoms with Gasteiger partial charge in [-0.05, 0) is 59.3 Å². The van der Waals surface area contributed by atoms with Crippen LogP contribution in [-0.4, -0.2) is 4.57 Å². The third kappa shape index (κ3) is 2.62. The molecule has 0 aliphatic rings. The van der Waals surface area contributed by atoms with Gasteiger partial charge in [-0.1, -0.05) is 12.1 Å². The summed E-state index contributed by atoms with van der Waals surface area (Å²) in [6, 6.07) is 13.3. The number of nitrogens with zero attached hydrogens (tertiary/aromatic N) is 2. The van der Waals surface area contributed by atoms with Crippen LogP contribution in [0.3, 0.4) is 0 Å². The first-order chi connectivity index (χ1) is 8.61. The molecule has 0 radical (unpaired) electrons. The molecular weight excluding hydrogens is 339 g/mol. The standard InChI is InChI=1S/C14H11IN2O/c1-10-2-5-12(8-16)14(18)17(10)9-11-3-6-13(15)7-4-11/h2-7H,9H2,1H3. The van der Waals surface area contributed by atoms with E-state index in [0.717, 1.165) is 14.8 Å². The Hall–Kier alpha value is -1.61. The average Bonchev–Trinajstić information content (AvgIpc) is 2.37. The molecule has 18 heavy (non-hydrogen) atoms. The van der Waals surface area contributed by atoms with Crippen LogP contribution in [0.4, 0.5) is 0 Å². The molecule has 0 amide bonds. The maximum atomic E-state index is 12.0. The maximum absolute atomic E-state index is 12.0. The molecule has 0 N–H and O–H groups in total. The zero-order valence-corrected chi connectivity index (χ0v) is 12.0. The number of rotatable bonds is 2. The zero-order chi connectivity index (χ0) is 13.1. The molecular formula is C14H11IN2O. The number of benzene rings is 1. The first kappa shape index (κ1) is 12.8. The molecule has 0 aliphatic heterocycles. The summed E-state index contributed by atoms with van der Waals surface area (Å²) in [6.45, 7) is 2.37. The monoisotopic (exact) mass is 350 g/mol. The summed E-state index contributed by atoms with van der Waals surface area (Å²) < 4.78 is 2.78. The van der Waals surface area contributed by atoms with Crippen molar-refractivity contribution in [2.45, 2.75) is 13.5 Å². The van der Waals surface area contributed by atoms with Crippen LogP contribution in [-0.2, 0) is 6.54 Å². The molecule has 2 aromatic rings. The molecule has 0 saturated carbocycles. The molecule has 0 unspecified atom stereocenters. The summed E-state index contributed by atoms with van der Waals surface area (Å²) in [5.74, 6) is 0. The zero-order valence-electron chi connectivity index (χ0n) is 9.85. The summed E-state index contributed by atoms with van der Waals surface area (Å²) in [4.78, 5) is 12.0. The molecule has 0 saturated heterocycles. The molecule has 3 nitrogen and oxygen atoms in total. The van der Waals surface area contributed by atoms with Gasteiger partial charge in [0.05, 0.1) is 6.54 Å². The highest BCUT2D eigenvalue weighted by Crippen LogP contribution is 2.09. The van der Waals surface area contributed by atoms with Crippen molar-refractivity contribution in [2.24, 2.45) is 0 Å². The van der Waals surface area contributed by atoms with E-state index < -0.39 is 0 Å².